The van der Waals surface area contributed by atoms with Crippen molar-refractivity contribution in [2.24, 2.45) is 5.92 Å². The average molecular weight is 438 g/mol. The van der Waals surface area contributed by atoms with Crippen molar-refractivity contribution in [3.63, 3.8) is 0 Å². The van der Waals surface area contributed by atoms with E-state index in [1.54, 1.807) is 19.1 Å². The van der Waals surface area contributed by atoms with Gasteiger partial charge in [0.2, 0.25) is 0 Å². The Hall–Kier alpha value is -2.60. The number of thiophene rings is 1. The minimum atomic E-state index is -0.308. The number of fused-ring (bicyclic) bond motifs is 5. The fourth-order valence-corrected chi connectivity index (χ4v) is 6.39. The summed E-state index contributed by atoms with van der Waals surface area (Å²) in [7, 11) is 0. The lowest BCUT2D eigenvalue weighted by Crippen LogP contribution is -2.39. The summed E-state index contributed by atoms with van der Waals surface area (Å²) >= 11 is 1.89. The molecule has 0 spiro atoms. The van der Waals surface area contributed by atoms with Crippen LogP contribution in [0.4, 0.5) is 14.9 Å². The second-order valence-corrected chi connectivity index (χ2v) is 10.1. The molecule has 1 aromatic carbocycles. The molecule has 0 bridgehead atoms. The molecular formula is C25H28FN3OS. The van der Waals surface area contributed by atoms with Crippen LogP contribution >= 0.6 is 11.3 Å². The molecule has 6 heteroatoms. The van der Waals surface area contributed by atoms with E-state index in [-0.39, 0.29) is 23.8 Å². The fraction of sp³-hybridized carbons (Fsp3) is 0.400. The lowest BCUT2D eigenvalue weighted by atomic mass is 9.94. The molecule has 2 aromatic heterocycles. The second kappa shape index (κ2) is 7.83. The van der Waals surface area contributed by atoms with Crippen molar-refractivity contribution in [2.75, 3.05) is 5.32 Å². The van der Waals surface area contributed by atoms with Gasteiger partial charge in [0.25, 0.3) is 0 Å². The Kier molecular flexibility index (Phi) is 5.13. The molecule has 31 heavy (non-hydrogen) atoms. The Morgan fingerprint density at radius 3 is 2.77 bits per heavy atom. The lowest BCUT2D eigenvalue weighted by molar-refractivity contribution is 0.161. The van der Waals surface area contributed by atoms with E-state index in [0.29, 0.717) is 17.8 Å². The van der Waals surface area contributed by atoms with E-state index < -0.39 is 0 Å². The van der Waals surface area contributed by atoms with Gasteiger partial charge in [0, 0.05) is 28.0 Å². The van der Waals surface area contributed by atoms with E-state index >= 15 is 0 Å². The van der Waals surface area contributed by atoms with Crippen LogP contribution in [0.5, 0.6) is 0 Å². The lowest BCUT2D eigenvalue weighted by Gasteiger charge is -2.33. The molecule has 0 saturated heterocycles. The van der Waals surface area contributed by atoms with Crippen LogP contribution in [-0.4, -0.2) is 15.5 Å². The van der Waals surface area contributed by atoms with Crippen LogP contribution in [0.15, 0.2) is 36.5 Å². The Bertz CT molecular complexity index is 1150. The van der Waals surface area contributed by atoms with Crippen molar-refractivity contribution in [1.29, 1.82) is 0 Å². The highest BCUT2D eigenvalue weighted by atomic mass is 32.1. The van der Waals surface area contributed by atoms with E-state index in [4.69, 9.17) is 0 Å². The maximum absolute atomic E-state index is 14.1. The number of nitrogens with one attached hydrogen (secondary N) is 1. The quantitative estimate of drug-likeness (QED) is 0.481. The number of rotatable bonds is 2. The molecule has 3 heterocycles. The number of carbonyl (C=O) groups excluding carboxylic acids is 1. The van der Waals surface area contributed by atoms with Gasteiger partial charge in [-0.15, -0.1) is 11.3 Å². The summed E-state index contributed by atoms with van der Waals surface area (Å²) in [6, 6.07) is 8.82. The van der Waals surface area contributed by atoms with E-state index in [2.05, 4.69) is 42.1 Å². The Labute approximate surface area is 186 Å². The number of amides is 2. The number of hydrogen-bond donors (Lipinski definition) is 1. The summed E-state index contributed by atoms with van der Waals surface area (Å²) in [6.45, 7) is 6.61. The van der Waals surface area contributed by atoms with Gasteiger partial charge >= 0.3 is 6.03 Å². The number of benzene rings is 1. The minimum absolute atomic E-state index is 0.0656. The number of halogens is 1. The summed E-state index contributed by atoms with van der Waals surface area (Å²) in [4.78, 5) is 17.0. The molecule has 0 saturated carbocycles. The van der Waals surface area contributed by atoms with E-state index in [1.807, 2.05) is 16.2 Å². The molecule has 1 atom stereocenters. The highest BCUT2D eigenvalue weighted by Gasteiger charge is 2.36. The monoisotopic (exact) mass is 437 g/mol. The predicted octanol–water partition coefficient (Wildman–Crippen LogP) is 6.61. The third kappa shape index (κ3) is 3.47. The van der Waals surface area contributed by atoms with Crippen LogP contribution in [0.25, 0.3) is 5.00 Å². The van der Waals surface area contributed by atoms with Gasteiger partial charge in [-0.1, -0.05) is 19.9 Å². The van der Waals surface area contributed by atoms with Gasteiger partial charge in [-0.25, -0.2) is 9.18 Å². The number of carbonyl (C=O) groups is 1. The topological polar surface area (TPSA) is 37.3 Å². The van der Waals surface area contributed by atoms with Crippen LogP contribution in [0, 0.1) is 18.7 Å². The number of urea groups is 1. The van der Waals surface area contributed by atoms with Crippen molar-refractivity contribution < 1.29 is 9.18 Å². The molecule has 1 aliphatic heterocycles. The fourth-order valence-electron chi connectivity index (χ4n) is 4.99. The van der Waals surface area contributed by atoms with E-state index in [1.165, 1.54) is 39.9 Å². The zero-order chi connectivity index (χ0) is 21.7. The summed E-state index contributed by atoms with van der Waals surface area (Å²) < 4.78 is 16.4. The molecule has 2 aliphatic rings. The van der Waals surface area contributed by atoms with Crippen LogP contribution in [0.2, 0.25) is 0 Å². The number of hydrogen-bond acceptors (Lipinski definition) is 2. The molecule has 1 N–H and O–H groups in total. The van der Waals surface area contributed by atoms with Gasteiger partial charge in [-0.05, 0) is 73.9 Å². The third-order valence-electron chi connectivity index (χ3n) is 6.54. The van der Waals surface area contributed by atoms with Crippen LogP contribution < -0.4 is 5.32 Å². The highest BCUT2D eigenvalue weighted by Crippen LogP contribution is 2.44. The van der Waals surface area contributed by atoms with Gasteiger partial charge in [-0.3, -0.25) is 0 Å². The number of aryl methyl sites for hydroxylation is 2. The van der Waals surface area contributed by atoms with Gasteiger partial charge in [0.1, 0.15) is 10.8 Å². The van der Waals surface area contributed by atoms with Crippen molar-refractivity contribution in [3.8, 4) is 5.00 Å². The molecule has 2 amide bonds. The van der Waals surface area contributed by atoms with Crippen molar-refractivity contribution in [1.82, 2.24) is 9.47 Å². The third-order valence-corrected chi connectivity index (χ3v) is 7.87. The molecule has 5 rings (SSSR count). The molecule has 4 nitrogen and oxygen atoms in total. The Morgan fingerprint density at radius 2 is 2.00 bits per heavy atom. The first-order valence-electron chi connectivity index (χ1n) is 11.1. The van der Waals surface area contributed by atoms with E-state index in [9.17, 15) is 9.18 Å². The van der Waals surface area contributed by atoms with Crippen molar-refractivity contribution in [3.05, 3.63) is 69.6 Å². The second-order valence-electron chi connectivity index (χ2n) is 9.01. The van der Waals surface area contributed by atoms with Gasteiger partial charge in [0.05, 0.1) is 12.6 Å². The largest absolute Gasteiger partial charge is 0.322 e. The zero-order valence-corrected chi connectivity index (χ0v) is 19.1. The Morgan fingerprint density at radius 1 is 1.19 bits per heavy atom. The van der Waals surface area contributed by atoms with Gasteiger partial charge in [-0.2, -0.15) is 0 Å². The van der Waals surface area contributed by atoms with Crippen LogP contribution in [-0.2, 0) is 19.4 Å². The van der Waals surface area contributed by atoms with E-state index in [0.717, 1.165) is 18.5 Å². The standard InChI is InChI=1S/C25H28FN3OS/c1-15(2)23-21-8-6-12-28(21)24-19(18-7-4-5-9-22(18)31-24)14-29(23)25(30)27-17-11-10-16(3)20(26)13-17/h6,8,10-13,15,23H,4-5,7,9,14H2,1-3H3,(H,27,30)/t23-/m1/s1. The number of nitrogens with zero attached hydrogens (tertiary/aromatic N) is 2. The summed E-state index contributed by atoms with van der Waals surface area (Å²) in [5, 5.41) is 4.22. The normalized spacial score (nSPS) is 17.7. The highest BCUT2D eigenvalue weighted by molar-refractivity contribution is 7.15. The van der Waals surface area contributed by atoms with Gasteiger partial charge in [0.15, 0.2) is 0 Å². The first kappa shape index (κ1) is 20.3. The van der Waals surface area contributed by atoms with Crippen LogP contribution in [0.1, 0.15) is 60.0 Å². The molecule has 0 radical (unpaired) electrons. The van der Waals surface area contributed by atoms with Crippen molar-refractivity contribution in [2.45, 2.75) is 59.0 Å². The molecule has 1 aliphatic carbocycles. The molecule has 3 aromatic rings. The Balaban J connectivity index is 1.58. The maximum atomic E-state index is 14.1. The first-order valence-corrected chi connectivity index (χ1v) is 11.9. The average Bonchev–Trinajstić information content (AvgIpc) is 3.32. The smallest absolute Gasteiger partial charge is 0.311 e. The minimum Gasteiger partial charge on any atom is -0.311 e. The molecule has 162 valence electrons. The molecule has 0 fully saturated rings. The van der Waals surface area contributed by atoms with Crippen LogP contribution in [0.3, 0.4) is 0 Å². The maximum Gasteiger partial charge on any atom is 0.322 e. The molecule has 0 unspecified atom stereocenters. The van der Waals surface area contributed by atoms with Crippen molar-refractivity contribution >= 4 is 23.1 Å². The first-order chi connectivity index (χ1) is 14.9. The zero-order valence-electron chi connectivity index (χ0n) is 18.2. The van der Waals surface area contributed by atoms with Gasteiger partial charge < -0.3 is 14.8 Å². The number of anilines is 1. The number of aromatic nitrogens is 1. The summed E-state index contributed by atoms with van der Waals surface area (Å²) in [6.07, 6.45) is 6.79. The molecular weight excluding hydrogens is 409 g/mol. The summed E-state index contributed by atoms with van der Waals surface area (Å²) in [5.74, 6) is -0.0730. The predicted molar refractivity (Wildman–Crippen MR) is 124 cm³/mol. The SMILES string of the molecule is Cc1ccc(NC(=O)N2Cc3c(sc4c3CCCC4)-n3cccc3[C@H]2C(C)C)cc1F. The summed E-state index contributed by atoms with van der Waals surface area (Å²) in [5.41, 5.74) is 4.92.